The highest BCUT2D eigenvalue weighted by Gasteiger charge is 2.20. The van der Waals surface area contributed by atoms with Gasteiger partial charge >= 0.3 is 5.97 Å². The van der Waals surface area contributed by atoms with Gasteiger partial charge in [-0.05, 0) is 6.08 Å². The van der Waals surface area contributed by atoms with Gasteiger partial charge in [0.2, 0.25) is 0 Å². The van der Waals surface area contributed by atoms with Gasteiger partial charge in [0, 0.05) is 30.7 Å². The number of carbonyl (C=O) groups is 2. The number of thiazole rings is 2. The number of ketones is 1. The van der Waals surface area contributed by atoms with Crippen LogP contribution >= 0.6 is 22.7 Å². The molecule has 28 heavy (non-hydrogen) atoms. The zero-order valence-corrected chi connectivity index (χ0v) is 17.9. The number of aromatic nitrogens is 2. The molecule has 0 amide bonds. The second-order valence-electron chi connectivity index (χ2n) is 5.79. The van der Waals surface area contributed by atoms with Crippen molar-refractivity contribution in [3.05, 3.63) is 39.4 Å². The highest BCUT2D eigenvalue weighted by molar-refractivity contribution is 7.14. The fourth-order valence-electron chi connectivity index (χ4n) is 2.37. The Kier molecular flexibility index (Phi) is 8.04. The van der Waals surface area contributed by atoms with Crippen LogP contribution in [0.15, 0.2) is 28.7 Å². The van der Waals surface area contributed by atoms with E-state index in [2.05, 4.69) is 14.7 Å². The lowest BCUT2D eigenvalue weighted by atomic mass is 10.0. The molecular weight excluding hydrogens is 400 g/mol. The van der Waals surface area contributed by atoms with Crippen molar-refractivity contribution in [1.29, 1.82) is 0 Å². The van der Waals surface area contributed by atoms with Gasteiger partial charge in [-0.3, -0.25) is 4.79 Å². The Hall–Kier alpha value is -2.36. The first-order valence-electron chi connectivity index (χ1n) is 8.36. The maximum absolute atomic E-state index is 11.5. The van der Waals surface area contributed by atoms with E-state index in [1.807, 2.05) is 29.8 Å². The molecule has 0 aromatic carbocycles. The Bertz CT molecular complexity index is 885. The van der Waals surface area contributed by atoms with Crippen LogP contribution < -0.4 is 0 Å². The molecule has 0 spiro atoms. The molecule has 0 aliphatic rings. The van der Waals surface area contributed by atoms with Crippen molar-refractivity contribution in [1.82, 2.24) is 9.97 Å². The Morgan fingerprint density at radius 1 is 1.11 bits per heavy atom. The largest absolute Gasteiger partial charge is 0.500 e. The number of nitrogens with zero attached hydrogens (tertiary/aromatic N) is 2. The zero-order valence-electron chi connectivity index (χ0n) is 16.3. The molecule has 2 aromatic rings. The Balaban J connectivity index is 2.14. The molecule has 0 N–H and O–H groups in total. The van der Waals surface area contributed by atoms with Crippen LogP contribution in [0.4, 0.5) is 0 Å². The minimum absolute atomic E-state index is 0.0567. The lowest BCUT2D eigenvalue weighted by Gasteiger charge is -2.21. The van der Waals surface area contributed by atoms with Crippen LogP contribution in [0.25, 0.3) is 16.8 Å². The highest BCUT2D eigenvalue weighted by atomic mass is 32.1. The van der Waals surface area contributed by atoms with E-state index < -0.39 is 5.97 Å². The van der Waals surface area contributed by atoms with E-state index >= 15 is 0 Å². The third-order valence-electron chi connectivity index (χ3n) is 3.91. The van der Waals surface area contributed by atoms with Crippen LogP contribution in [0.3, 0.4) is 0 Å². The number of hydrogen-bond donors (Lipinski definition) is 0. The van der Waals surface area contributed by atoms with Gasteiger partial charge in [0.05, 0.1) is 32.1 Å². The first kappa shape index (κ1) is 21.9. The molecular formula is C19H22N2O5S2. The molecule has 2 atom stereocenters. The minimum atomic E-state index is -0.486. The van der Waals surface area contributed by atoms with Gasteiger partial charge in [0.15, 0.2) is 10.8 Å². The molecule has 0 saturated carbocycles. The molecule has 0 fully saturated rings. The first-order chi connectivity index (χ1) is 13.4. The summed E-state index contributed by atoms with van der Waals surface area (Å²) in [4.78, 5) is 31.7. The SMILES string of the molecule is COC(=O)C=C(OC)C(C)C(C=Cc1csc(-c2csc(C(C)=O)n2)n1)OC. The lowest BCUT2D eigenvalue weighted by molar-refractivity contribution is -0.135. The zero-order chi connectivity index (χ0) is 20.7. The second kappa shape index (κ2) is 10.3. The maximum Gasteiger partial charge on any atom is 0.333 e. The minimum Gasteiger partial charge on any atom is -0.500 e. The van der Waals surface area contributed by atoms with Crippen LogP contribution in [0.1, 0.15) is 29.3 Å². The summed E-state index contributed by atoms with van der Waals surface area (Å²) in [5, 5.41) is 4.94. The van der Waals surface area contributed by atoms with E-state index in [-0.39, 0.29) is 17.8 Å². The van der Waals surface area contributed by atoms with Crippen LogP contribution in [-0.2, 0) is 19.0 Å². The fourth-order valence-corrected chi connectivity index (χ4v) is 3.90. The number of hydrogen-bond acceptors (Lipinski definition) is 9. The predicted octanol–water partition coefficient (Wildman–Crippen LogP) is 3.84. The van der Waals surface area contributed by atoms with E-state index in [9.17, 15) is 9.59 Å². The average Bonchev–Trinajstić information content (AvgIpc) is 3.35. The molecule has 2 rings (SSSR count). The van der Waals surface area contributed by atoms with Crippen molar-refractivity contribution in [3.63, 3.8) is 0 Å². The number of rotatable bonds is 9. The average molecular weight is 423 g/mol. The molecule has 2 aromatic heterocycles. The van der Waals surface area contributed by atoms with Crippen molar-refractivity contribution >= 4 is 40.5 Å². The summed E-state index contributed by atoms with van der Waals surface area (Å²) in [5.41, 5.74) is 1.45. The smallest absolute Gasteiger partial charge is 0.333 e. The molecule has 2 unspecified atom stereocenters. The van der Waals surface area contributed by atoms with Gasteiger partial charge in [-0.15, -0.1) is 22.7 Å². The van der Waals surface area contributed by atoms with Gasteiger partial charge in [-0.1, -0.05) is 13.0 Å². The molecule has 0 bridgehead atoms. The molecule has 7 nitrogen and oxygen atoms in total. The van der Waals surface area contributed by atoms with Gasteiger partial charge in [0.25, 0.3) is 0 Å². The third-order valence-corrected chi connectivity index (χ3v) is 5.74. The summed E-state index contributed by atoms with van der Waals surface area (Å²) in [5.74, 6) is -0.291. The number of ether oxygens (including phenoxy) is 3. The first-order valence-corrected chi connectivity index (χ1v) is 10.1. The van der Waals surface area contributed by atoms with E-state index in [4.69, 9.17) is 9.47 Å². The monoisotopic (exact) mass is 422 g/mol. The Morgan fingerprint density at radius 2 is 1.86 bits per heavy atom. The van der Waals surface area contributed by atoms with Crippen molar-refractivity contribution < 1.29 is 23.8 Å². The van der Waals surface area contributed by atoms with Gasteiger partial charge in [0.1, 0.15) is 16.5 Å². The second-order valence-corrected chi connectivity index (χ2v) is 7.51. The van der Waals surface area contributed by atoms with Crippen molar-refractivity contribution in [2.45, 2.75) is 20.0 Å². The van der Waals surface area contributed by atoms with Crippen molar-refractivity contribution in [2.75, 3.05) is 21.3 Å². The van der Waals surface area contributed by atoms with Crippen molar-refractivity contribution in [3.8, 4) is 10.7 Å². The van der Waals surface area contributed by atoms with E-state index in [1.165, 1.54) is 49.9 Å². The summed E-state index contributed by atoms with van der Waals surface area (Å²) >= 11 is 2.76. The highest BCUT2D eigenvalue weighted by Crippen LogP contribution is 2.26. The summed E-state index contributed by atoms with van der Waals surface area (Å²) in [7, 11) is 4.39. The molecule has 2 heterocycles. The maximum atomic E-state index is 11.5. The number of methoxy groups -OCH3 is 3. The van der Waals surface area contributed by atoms with Crippen LogP contribution in [0.2, 0.25) is 0 Å². The Morgan fingerprint density at radius 3 is 2.43 bits per heavy atom. The Labute approximate surface area is 171 Å². The quantitative estimate of drug-likeness (QED) is 0.263. The van der Waals surface area contributed by atoms with Crippen LogP contribution in [0.5, 0.6) is 0 Å². The summed E-state index contributed by atoms with van der Waals surface area (Å²) in [6.07, 6.45) is 4.68. The third kappa shape index (κ3) is 5.57. The molecule has 0 aliphatic carbocycles. The fraction of sp³-hybridized carbons (Fsp3) is 0.368. The van der Waals surface area contributed by atoms with Gasteiger partial charge in [-0.25, -0.2) is 14.8 Å². The molecule has 150 valence electrons. The van der Waals surface area contributed by atoms with E-state index in [1.54, 1.807) is 7.11 Å². The van der Waals surface area contributed by atoms with Gasteiger partial charge in [-0.2, -0.15) is 0 Å². The molecule has 9 heteroatoms. The summed E-state index contributed by atoms with van der Waals surface area (Å²) < 4.78 is 15.5. The van der Waals surface area contributed by atoms with Crippen LogP contribution in [0, 0.1) is 5.92 Å². The van der Waals surface area contributed by atoms with E-state index in [0.29, 0.717) is 16.5 Å². The number of carbonyl (C=O) groups excluding carboxylic acids is 2. The summed E-state index contributed by atoms with van der Waals surface area (Å²) in [6, 6.07) is 0. The molecule has 0 radical (unpaired) electrons. The predicted molar refractivity (Wildman–Crippen MR) is 109 cm³/mol. The lowest BCUT2D eigenvalue weighted by Crippen LogP contribution is -2.21. The topological polar surface area (TPSA) is 87.6 Å². The number of esters is 1. The normalized spacial score (nSPS) is 14.1. The molecule has 0 saturated heterocycles. The summed E-state index contributed by atoms with van der Waals surface area (Å²) in [6.45, 7) is 3.38. The van der Waals surface area contributed by atoms with E-state index in [0.717, 1.165) is 10.7 Å². The van der Waals surface area contributed by atoms with Crippen molar-refractivity contribution in [2.24, 2.45) is 5.92 Å². The number of Topliss-reactive ketones (excluding diaryl/α,β-unsaturated/α-hetero) is 1. The standard InChI is InChI=1S/C19H22N2O5S2/c1-11(16(25-4)8-17(23)26-5)15(24-3)7-6-13-9-27-19(20-13)14-10-28-18(21-14)12(2)22/h6-11,15H,1-5H3. The van der Waals surface area contributed by atoms with Crippen LogP contribution in [-0.4, -0.2) is 49.2 Å². The molecule has 0 aliphatic heterocycles. The van der Waals surface area contributed by atoms with Gasteiger partial charge < -0.3 is 14.2 Å².